The van der Waals surface area contributed by atoms with Crippen LogP contribution < -0.4 is 4.90 Å². The minimum absolute atomic E-state index is 0.256. The molecular weight excluding hydrogens is 210 g/mol. The minimum Gasteiger partial charge on any atom is -0.308 e. The number of carbonyl (C=O) groups excluding carboxylic acids is 1. The summed E-state index contributed by atoms with van der Waals surface area (Å²) in [6.45, 7) is 0. The third-order valence-corrected chi connectivity index (χ3v) is 3.79. The Morgan fingerprint density at radius 2 is 2.07 bits per heavy atom. The zero-order valence-corrected chi connectivity index (χ0v) is 9.07. The standard InChI is InChI=1S/C12H12ClNO/c13-10-3-1-2-4-11(10)14-9-6-5-8(7-9)12(14)15/h1-4,8-9H,5-7H2. The van der Waals surface area contributed by atoms with Crippen molar-refractivity contribution in [3.05, 3.63) is 29.3 Å². The summed E-state index contributed by atoms with van der Waals surface area (Å²) in [4.78, 5) is 13.9. The molecule has 1 heterocycles. The fourth-order valence-electron chi connectivity index (χ4n) is 2.76. The zero-order valence-electron chi connectivity index (χ0n) is 8.32. The second kappa shape index (κ2) is 3.24. The van der Waals surface area contributed by atoms with Gasteiger partial charge in [0.05, 0.1) is 10.7 Å². The van der Waals surface area contributed by atoms with Crippen LogP contribution >= 0.6 is 11.6 Å². The topological polar surface area (TPSA) is 20.3 Å². The van der Waals surface area contributed by atoms with E-state index in [-0.39, 0.29) is 11.8 Å². The number of hydrogen-bond donors (Lipinski definition) is 0. The summed E-state index contributed by atoms with van der Waals surface area (Å²) >= 11 is 6.11. The van der Waals surface area contributed by atoms with Gasteiger partial charge in [-0.1, -0.05) is 23.7 Å². The van der Waals surface area contributed by atoms with Gasteiger partial charge in [0.2, 0.25) is 5.91 Å². The van der Waals surface area contributed by atoms with Gasteiger partial charge >= 0.3 is 0 Å². The molecule has 2 fully saturated rings. The first-order valence-corrected chi connectivity index (χ1v) is 5.73. The number of amides is 1. The highest BCUT2D eigenvalue weighted by Gasteiger charge is 2.45. The summed E-state index contributed by atoms with van der Waals surface area (Å²) < 4.78 is 0. The SMILES string of the molecule is O=C1C2CCC(C2)N1c1ccccc1Cl. The number of rotatable bonds is 1. The first kappa shape index (κ1) is 9.22. The summed E-state index contributed by atoms with van der Waals surface area (Å²) in [5.41, 5.74) is 0.886. The van der Waals surface area contributed by atoms with Gasteiger partial charge in [-0.15, -0.1) is 0 Å². The molecule has 1 aliphatic heterocycles. The molecule has 1 aromatic rings. The Morgan fingerprint density at radius 3 is 2.73 bits per heavy atom. The van der Waals surface area contributed by atoms with Crippen molar-refractivity contribution in [1.29, 1.82) is 0 Å². The molecule has 78 valence electrons. The van der Waals surface area contributed by atoms with Gasteiger partial charge < -0.3 is 4.90 Å². The summed E-state index contributed by atoms with van der Waals surface area (Å²) in [6, 6.07) is 7.99. The molecule has 1 saturated carbocycles. The third kappa shape index (κ3) is 1.28. The van der Waals surface area contributed by atoms with E-state index < -0.39 is 0 Å². The number of para-hydroxylation sites is 1. The Hall–Kier alpha value is -1.02. The maximum Gasteiger partial charge on any atom is 0.230 e. The first-order valence-electron chi connectivity index (χ1n) is 5.35. The van der Waals surface area contributed by atoms with Gasteiger partial charge in [-0.05, 0) is 31.4 Å². The van der Waals surface area contributed by atoms with Crippen molar-refractivity contribution in [2.24, 2.45) is 5.92 Å². The molecule has 2 atom stereocenters. The highest BCUT2D eigenvalue weighted by molar-refractivity contribution is 6.34. The fourth-order valence-corrected chi connectivity index (χ4v) is 2.98. The molecule has 2 unspecified atom stereocenters. The molecule has 0 spiro atoms. The van der Waals surface area contributed by atoms with Gasteiger partial charge in [0, 0.05) is 12.0 Å². The van der Waals surface area contributed by atoms with Gasteiger partial charge in [-0.25, -0.2) is 0 Å². The molecule has 1 aromatic carbocycles. The zero-order chi connectivity index (χ0) is 10.4. The number of anilines is 1. The summed E-state index contributed by atoms with van der Waals surface area (Å²) in [5, 5.41) is 0.679. The van der Waals surface area contributed by atoms with E-state index in [1.165, 1.54) is 0 Å². The van der Waals surface area contributed by atoms with Crippen LogP contribution in [0, 0.1) is 5.92 Å². The van der Waals surface area contributed by atoms with E-state index >= 15 is 0 Å². The Bertz CT molecular complexity index is 418. The van der Waals surface area contributed by atoms with E-state index in [0.717, 1.165) is 24.9 Å². The van der Waals surface area contributed by atoms with Crippen LogP contribution in [0.15, 0.2) is 24.3 Å². The first-order chi connectivity index (χ1) is 7.27. The van der Waals surface area contributed by atoms with Crippen molar-refractivity contribution in [2.45, 2.75) is 25.3 Å². The Balaban J connectivity index is 2.02. The van der Waals surface area contributed by atoms with Gasteiger partial charge in [0.25, 0.3) is 0 Å². The lowest BCUT2D eigenvalue weighted by Gasteiger charge is -2.27. The van der Waals surface area contributed by atoms with E-state index in [2.05, 4.69) is 0 Å². The minimum atomic E-state index is 0.256. The number of fused-ring (bicyclic) bond motifs is 2. The highest BCUT2D eigenvalue weighted by Crippen LogP contribution is 2.43. The lowest BCUT2D eigenvalue weighted by Crippen LogP contribution is -2.37. The number of halogens is 1. The molecule has 1 saturated heterocycles. The second-order valence-corrected chi connectivity index (χ2v) is 4.73. The molecule has 2 bridgehead atoms. The van der Waals surface area contributed by atoms with E-state index in [1.807, 2.05) is 29.2 Å². The van der Waals surface area contributed by atoms with Crippen LogP contribution in [-0.2, 0) is 4.79 Å². The average Bonchev–Trinajstić information content (AvgIpc) is 2.80. The molecular formula is C12H12ClNO. The predicted octanol–water partition coefficient (Wildman–Crippen LogP) is 2.86. The number of nitrogens with zero attached hydrogens (tertiary/aromatic N) is 1. The van der Waals surface area contributed by atoms with Crippen molar-refractivity contribution in [2.75, 3.05) is 4.90 Å². The maximum atomic E-state index is 12.0. The molecule has 2 nitrogen and oxygen atoms in total. The predicted molar refractivity (Wildman–Crippen MR) is 60.1 cm³/mol. The van der Waals surface area contributed by atoms with E-state index in [9.17, 15) is 4.79 Å². The third-order valence-electron chi connectivity index (χ3n) is 3.47. The largest absolute Gasteiger partial charge is 0.308 e. The fraction of sp³-hybridized carbons (Fsp3) is 0.417. The molecule has 2 aliphatic rings. The molecule has 0 radical (unpaired) electrons. The normalized spacial score (nSPS) is 28.9. The van der Waals surface area contributed by atoms with Crippen molar-refractivity contribution in [3.8, 4) is 0 Å². The van der Waals surface area contributed by atoms with Crippen LogP contribution in [0.3, 0.4) is 0 Å². The van der Waals surface area contributed by atoms with E-state index in [0.29, 0.717) is 11.1 Å². The lowest BCUT2D eigenvalue weighted by atomic mass is 10.1. The maximum absolute atomic E-state index is 12.0. The summed E-state index contributed by atoms with van der Waals surface area (Å²) in [5.74, 6) is 0.519. The Kier molecular flexibility index (Phi) is 1.99. The van der Waals surface area contributed by atoms with Crippen molar-refractivity contribution >= 4 is 23.2 Å². The van der Waals surface area contributed by atoms with Crippen LogP contribution in [-0.4, -0.2) is 11.9 Å². The van der Waals surface area contributed by atoms with Gasteiger partial charge in [0.1, 0.15) is 0 Å². The van der Waals surface area contributed by atoms with Crippen LogP contribution in [0.2, 0.25) is 5.02 Å². The van der Waals surface area contributed by atoms with E-state index in [1.54, 1.807) is 0 Å². The van der Waals surface area contributed by atoms with Gasteiger partial charge in [0.15, 0.2) is 0 Å². The smallest absolute Gasteiger partial charge is 0.230 e. The molecule has 1 aliphatic carbocycles. The molecule has 3 rings (SSSR count). The number of carbonyl (C=O) groups is 1. The Labute approximate surface area is 93.8 Å². The highest BCUT2D eigenvalue weighted by atomic mass is 35.5. The van der Waals surface area contributed by atoms with E-state index in [4.69, 9.17) is 11.6 Å². The Morgan fingerprint density at radius 1 is 1.27 bits per heavy atom. The molecule has 0 N–H and O–H groups in total. The molecule has 0 aromatic heterocycles. The van der Waals surface area contributed by atoms with Crippen LogP contribution in [0.5, 0.6) is 0 Å². The van der Waals surface area contributed by atoms with Crippen molar-refractivity contribution in [3.63, 3.8) is 0 Å². The second-order valence-electron chi connectivity index (χ2n) is 4.32. The van der Waals surface area contributed by atoms with Crippen molar-refractivity contribution < 1.29 is 4.79 Å². The average molecular weight is 222 g/mol. The molecule has 15 heavy (non-hydrogen) atoms. The summed E-state index contributed by atoms with van der Waals surface area (Å²) in [7, 11) is 0. The van der Waals surface area contributed by atoms with Crippen LogP contribution in [0.25, 0.3) is 0 Å². The number of hydrogen-bond acceptors (Lipinski definition) is 1. The van der Waals surface area contributed by atoms with Gasteiger partial charge in [-0.2, -0.15) is 0 Å². The number of benzene rings is 1. The lowest BCUT2D eigenvalue weighted by molar-refractivity contribution is -0.121. The summed E-state index contributed by atoms with van der Waals surface area (Å²) in [6.07, 6.45) is 3.20. The van der Waals surface area contributed by atoms with Gasteiger partial charge in [-0.3, -0.25) is 4.79 Å². The van der Waals surface area contributed by atoms with Crippen LogP contribution in [0.1, 0.15) is 19.3 Å². The molecule has 3 heteroatoms. The monoisotopic (exact) mass is 221 g/mol. The quantitative estimate of drug-likeness (QED) is 0.714. The van der Waals surface area contributed by atoms with Crippen LogP contribution in [0.4, 0.5) is 5.69 Å². The number of piperidine rings is 1. The van der Waals surface area contributed by atoms with Crippen molar-refractivity contribution in [1.82, 2.24) is 0 Å². The molecule has 1 amide bonds.